The molecule has 3 atom stereocenters. The van der Waals surface area contributed by atoms with E-state index in [2.05, 4.69) is 0 Å². The van der Waals surface area contributed by atoms with Gasteiger partial charge in [0.25, 0.3) is 6.29 Å². The van der Waals surface area contributed by atoms with E-state index < -0.39 is 24.3 Å². The van der Waals surface area contributed by atoms with Crippen molar-refractivity contribution in [1.29, 1.82) is 0 Å². The molecular formula is C27H27NO9. The first-order chi connectivity index (χ1) is 17.8. The smallest absolute Gasteiger partial charge is 0.313 e. The number of nitrogen functional groups attached to an aromatic ring is 1. The van der Waals surface area contributed by atoms with Crippen LogP contribution in [-0.2, 0) is 9.53 Å². The van der Waals surface area contributed by atoms with Crippen molar-refractivity contribution < 1.29 is 43.4 Å². The third-order valence-electron chi connectivity index (χ3n) is 6.54. The molecule has 0 saturated heterocycles. The number of carbonyl (C=O) groups excluding carboxylic acids is 1. The Morgan fingerprint density at radius 2 is 1.73 bits per heavy atom. The van der Waals surface area contributed by atoms with Gasteiger partial charge in [0.05, 0.1) is 21.3 Å². The van der Waals surface area contributed by atoms with Gasteiger partial charge in [0.2, 0.25) is 0 Å². The molecular weight excluding hydrogens is 482 g/mol. The highest BCUT2D eigenvalue weighted by Gasteiger charge is 2.37. The fraction of sp³-hybridized carbons (Fsp3) is 0.296. The number of carbonyl (C=O) groups is 1. The maximum absolute atomic E-state index is 11.6. The highest BCUT2D eigenvalue weighted by molar-refractivity contribution is 5.70. The minimum Gasteiger partial charge on any atom is -0.508 e. The van der Waals surface area contributed by atoms with Crippen LogP contribution in [0.5, 0.6) is 40.2 Å². The van der Waals surface area contributed by atoms with Crippen LogP contribution < -0.4 is 29.4 Å². The molecule has 0 aromatic heterocycles. The van der Waals surface area contributed by atoms with E-state index in [1.165, 1.54) is 33.5 Å². The van der Waals surface area contributed by atoms with Crippen molar-refractivity contribution in [3.8, 4) is 40.2 Å². The molecule has 4 N–H and O–H groups in total. The summed E-state index contributed by atoms with van der Waals surface area (Å²) in [5.74, 6) is 1.18. The van der Waals surface area contributed by atoms with Crippen molar-refractivity contribution in [3.63, 3.8) is 0 Å². The van der Waals surface area contributed by atoms with Crippen molar-refractivity contribution in [2.24, 2.45) is 0 Å². The monoisotopic (exact) mass is 509 g/mol. The first-order valence-electron chi connectivity index (χ1n) is 11.6. The molecule has 3 aromatic rings. The van der Waals surface area contributed by atoms with Crippen molar-refractivity contribution in [2.75, 3.05) is 27.1 Å². The zero-order chi connectivity index (χ0) is 26.3. The number of nitrogens with two attached hydrogens (primary N) is 1. The Bertz CT molecular complexity index is 1360. The highest BCUT2D eigenvalue weighted by Crippen LogP contribution is 2.54. The number of aromatic hydroxyl groups is 2. The van der Waals surface area contributed by atoms with E-state index in [0.29, 0.717) is 52.0 Å². The van der Waals surface area contributed by atoms with E-state index in [1.807, 2.05) is 6.07 Å². The first-order valence-corrected chi connectivity index (χ1v) is 11.6. The Kier molecular flexibility index (Phi) is 6.24. The molecule has 0 bridgehead atoms. The number of methoxy groups -OCH3 is 3. The molecule has 0 aliphatic carbocycles. The molecule has 2 unspecified atom stereocenters. The standard InChI is InChI=1S/C27H27NO9/c1-32-15-9-17(28)26(22(10-15)33-2)16-11-20(35-23-8-14(29)7-18(30)27(16)23)13-4-5-19-21(6-13)37-25(36-19)12-24(31)34-3/h4-10,16,20,25,29-30H,11-12,28H2,1-3H3/t16?,20-,25?/m0/s1. The minimum absolute atomic E-state index is 0.0506. The fourth-order valence-electron chi connectivity index (χ4n) is 4.85. The summed E-state index contributed by atoms with van der Waals surface area (Å²) in [4.78, 5) is 11.6. The van der Waals surface area contributed by atoms with Gasteiger partial charge in [-0.3, -0.25) is 4.79 Å². The Morgan fingerprint density at radius 1 is 0.946 bits per heavy atom. The molecule has 0 amide bonds. The van der Waals surface area contributed by atoms with Crippen LogP contribution in [0.15, 0.2) is 42.5 Å². The summed E-state index contributed by atoms with van der Waals surface area (Å²) in [5, 5.41) is 21.0. The molecule has 10 nitrogen and oxygen atoms in total. The molecule has 194 valence electrons. The third kappa shape index (κ3) is 4.46. The molecule has 5 rings (SSSR count). The molecule has 2 aliphatic heterocycles. The van der Waals surface area contributed by atoms with Gasteiger partial charge in [-0.05, 0) is 24.1 Å². The maximum Gasteiger partial charge on any atom is 0.313 e. The van der Waals surface area contributed by atoms with Gasteiger partial charge < -0.3 is 44.4 Å². The minimum atomic E-state index is -0.782. The molecule has 2 aliphatic rings. The van der Waals surface area contributed by atoms with Crippen LogP contribution in [0, 0.1) is 0 Å². The number of phenols is 2. The largest absolute Gasteiger partial charge is 0.508 e. The second-order valence-corrected chi connectivity index (χ2v) is 8.76. The summed E-state index contributed by atoms with van der Waals surface area (Å²) >= 11 is 0. The average Bonchev–Trinajstić information content (AvgIpc) is 3.28. The molecule has 10 heteroatoms. The van der Waals surface area contributed by atoms with E-state index in [1.54, 1.807) is 24.3 Å². The number of hydrogen-bond acceptors (Lipinski definition) is 10. The number of fused-ring (bicyclic) bond motifs is 2. The lowest BCUT2D eigenvalue weighted by atomic mass is 9.80. The summed E-state index contributed by atoms with van der Waals surface area (Å²) in [6.07, 6.45) is -0.941. The van der Waals surface area contributed by atoms with E-state index in [9.17, 15) is 15.0 Å². The second kappa shape index (κ2) is 9.53. The molecule has 0 saturated carbocycles. The van der Waals surface area contributed by atoms with Crippen LogP contribution in [0.3, 0.4) is 0 Å². The van der Waals surface area contributed by atoms with Crippen LogP contribution >= 0.6 is 0 Å². The Labute approximate surface area is 213 Å². The lowest BCUT2D eigenvalue weighted by molar-refractivity contribution is -0.145. The van der Waals surface area contributed by atoms with Gasteiger partial charge >= 0.3 is 5.97 Å². The van der Waals surface area contributed by atoms with Crippen molar-refractivity contribution >= 4 is 11.7 Å². The summed E-state index contributed by atoms with van der Waals surface area (Å²) in [6, 6.07) is 11.5. The lowest BCUT2D eigenvalue weighted by Crippen LogP contribution is -2.22. The fourth-order valence-corrected chi connectivity index (χ4v) is 4.85. The number of ether oxygens (including phenoxy) is 6. The van der Waals surface area contributed by atoms with E-state index in [-0.39, 0.29) is 17.9 Å². The van der Waals surface area contributed by atoms with E-state index in [4.69, 9.17) is 34.2 Å². The zero-order valence-electron chi connectivity index (χ0n) is 20.5. The summed E-state index contributed by atoms with van der Waals surface area (Å²) < 4.78 is 33.4. The summed E-state index contributed by atoms with van der Waals surface area (Å²) in [5.41, 5.74) is 8.81. The normalized spacial score (nSPS) is 19.5. The zero-order valence-corrected chi connectivity index (χ0v) is 20.5. The average molecular weight is 510 g/mol. The van der Waals surface area contributed by atoms with E-state index in [0.717, 1.165) is 5.56 Å². The Balaban J connectivity index is 1.54. The highest BCUT2D eigenvalue weighted by atomic mass is 16.7. The first kappa shape index (κ1) is 24.2. The van der Waals surface area contributed by atoms with Gasteiger partial charge in [-0.2, -0.15) is 0 Å². The summed E-state index contributed by atoms with van der Waals surface area (Å²) in [7, 11) is 4.38. The molecule has 3 aromatic carbocycles. The SMILES string of the molecule is COC(=O)CC1Oc2ccc([C@@H]3CC(c4c(N)cc(OC)cc4OC)c4c(O)cc(O)cc4O3)cc2O1. The van der Waals surface area contributed by atoms with Crippen LogP contribution in [-0.4, -0.2) is 43.8 Å². The molecule has 37 heavy (non-hydrogen) atoms. The molecule has 0 fully saturated rings. The number of rotatable bonds is 6. The van der Waals surface area contributed by atoms with Gasteiger partial charge in [-0.25, -0.2) is 0 Å². The van der Waals surface area contributed by atoms with Crippen LogP contribution in [0.2, 0.25) is 0 Å². The number of esters is 1. The van der Waals surface area contributed by atoms with Gasteiger partial charge in [-0.15, -0.1) is 0 Å². The quantitative estimate of drug-likeness (QED) is 0.330. The van der Waals surface area contributed by atoms with E-state index >= 15 is 0 Å². The van der Waals surface area contributed by atoms with Crippen molar-refractivity contribution in [3.05, 3.63) is 59.2 Å². The Morgan fingerprint density at radius 3 is 2.46 bits per heavy atom. The molecule has 2 heterocycles. The lowest BCUT2D eigenvalue weighted by Gasteiger charge is -2.34. The van der Waals surface area contributed by atoms with Gasteiger partial charge in [-0.1, -0.05) is 6.07 Å². The van der Waals surface area contributed by atoms with Crippen LogP contribution in [0.4, 0.5) is 5.69 Å². The second-order valence-electron chi connectivity index (χ2n) is 8.76. The third-order valence-corrected chi connectivity index (χ3v) is 6.54. The number of benzene rings is 3. The summed E-state index contributed by atoms with van der Waals surface area (Å²) in [6.45, 7) is 0. The van der Waals surface area contributed by atoms with Gasteiger partial charge in [0, 0.05) is 47.0 Å². The van der Waals surface area contributed by atoms with Crippen LogP contribution in [0.1, 0.15) is 41.6 Å². The topological polar surface area (TPSA) is 139 Å². The van der Waals surface area contributed by atoms with Crippen molar-refractivity contribution in [1.82, 2.24) is 0 Å². The molecule has 0 radical (unpaired) electrons. The predicted octanol–water partition coefficient (Wildman–Crippen LogP) is 4.01. The maximum atomic E-state index is 11.6. The number of hydrogen-bond donors (Lipinski definition) is 3. The van der Waals surface area contributed by atoms with Crippen molar-refractivity contribution in [2.45, 2.75) is 31.2 Å². The predicted molar refractivity (Wildman–Crippen MR) is 132 cm³/mol. The van der Waals surface area contributed by atoms with Gasteiger partial charge in [0.1, 0.15) is 41.3 Å². The number of phenolic OH excluding ortho intramolecular Hbond substituents is 2. The number of anilines is 1. The molecule has 0 spiro atoms. The van der Waals surface area contributed by atoms with Crippen LogP contribution in [0.25, 0.3) is 0 Å². The Hall–Kier alpha value is -4.47. The van der Waals surface area contributed by atoms with Gasteiger partial charge in [0.15, 0.2) is 11.5 Å².